The van der Waals surface area contributed by atoms with Crippen molar-refractivity contribution in [3.8, 4) is 22.8 Å². The Morgan fingerprint density at radius 3 is 2.21 bits per heavy atom. The number of benzene rings is 3. The zero-order chi connectivity index (χ0) is 46.9. The standard InChI is InChI=1S/C50H56N10O7/c1-2-41(62)58-30-33(60-46-43(45(51)54-31-55-46)44(57-60)32-21-23-35(24-22-32)67-34-17-12-11-13-18-34)29-39(58)47(63)53-28-15-10-8-6-4-3-5-7-9-14-27-52-37-20-16-19-36-42(37)50(66)59(49(36)65)38-25-26-40(61)56-48(38)64/h2,11-13,16-24,31,33,38-39,52H,1,3-10,14-15,25-30H2,(H,53,63)(H2,51,54,55)(H,56,61,64)/t33-,38?,39-/m0/s1. The van der Waals surface area contributed by atoms with Gasteiger partial charge in [0, 0.05) is 43.7 Å². The molecule has 0 spiro atoms. The zero-order valence-electron chi connectivity index (χ0n) is 37.5. The van der Waals surface area contributed by atoms with Gasteiger partial charge in [0.25, 0.3) is 11.8 Å². The van der Waals surface area contributed by atoms with Crippen molar-refractivity contribution in [3.63, 3.8) is 0 Å². The van der Waals surface area contributed by atoms with Gasteiger partial charge in [0.2, 0.25) is 23.6 Å². The first-order valence-corrected chi connectivity index (χ1v) is 23.2. The molecular weight excluding hydrogens is 853 g/mol. The van der Waals surface area contributed by atoms with E-state index in [0.717, 1.165) is 80.4 Å². The van der Waals surface area contributed by atoms with Gasteiger partial charge >= 0.3 is 0 Å². The molecule has 0 radical (unpaired) electrons. The third-order valence-electron chi connectivity index (χ3n) is 12.7. The largest absolute Gasteiger partial charge is 0.457 e. The van der Waals surface area contributed by atoms with Gasteiger partial charge in [-0.2, -0.15) is 5.10 Å². The Kier molecular flexibility index (Phi) is 14.6. The molecule has 67 heavy (non-hydrogen) atoms. The highest BCUT2D eigenvalue weighted by atomic mass is 16.5. The van der Waals surface area contributed by atoms with Crippen LogP contribution < -0.4 is 26.4 Å². The molecule has 348 valence electrons. The second-order valence-corrected chi connectivity index (χ2v) is 17.2. The maximum absolute atomic E-state index is 13.6. The number of nitrogens with two attached hydrogens (primary N) is 1. The van der Waals surface area contributed by atoms with Crippen molar-refractivity contribution in [2.45, 2.75) is 102 Å². The van der Waals surface area contributed by atoms with Crippen molar-refractivity contribution in [2.75, 3.05) is 30.7 Å². The van der Waals surface area contributed by atoms with Crippen LogP contribution in [0.5, 0.6) is 11.5 Å². The van der Waals surface area contributed by atoms with E-state index in [1.165, 1.54) is 12.4 Å². The molecule has 3 aliphatic heterocycles. The number of para-hydroxylation sites is 1. The number of anilines is 2. The number of unbranched alkanes of at least 4 members (excludes halogenated alkanes) is 9. The van der Waals surface area contributed by atoms with E-state index in [4.69, 9.17) is 15.6 Å². The lowest BCUT2D eigenvalue weighted by Gasteiger charge is -2.27. The fraction of sp³-hybridized carbons (Fsp3) is 0.380. The maximum atomic E-state index is 13.6. The Labute approximate surface area is 388 Å². The molecule has 5 heterocycles. The van der Waals surface area contributed by atoms with Crippen molar-refractivity contribution in [3.05, 3.63) is 103 Å². The van der Waals surface area contributed by atoms with Gasteiger partial charge < -0.3 is 26.0 Å². The average molecular weight is 909 g/mol. The molecule has 0 aliphatic carbocycles. The van der Waals surface area contributed by atoms with Crippen LogP contribution in [-0.2, 0) is 19.2 Å². The summed E-state index contributed by atoms with van der Waals surface area (Å²) >= 11 is 0. The topological polar surface area (TPSA) is 224 Å². The number of rotatable bonds is 21. The van der Waals surface area contributed by atoms with Gasteiger partial charge in [-0.05, 0) is 73.9 Å². The fourth-order valence-corrected chi connectivity index (χ4v) is 9.24. The Morgan fingerprint density at radius 1 is 0.821 bits per heavy atom. The van der Waals surface area contributed by atoms with Crippen molar-refractivity contribution in [2.24, 2.45) is 0 Å². The summed E-state index contributed by atoms with van der Waals surface area (Å²) in [4.78, 5) is 88.5. The number of nitrogens with zero attached hydrogens (tertiary/aromatic N) is 6. The van der Waals surface area contributed by atoms with Gasteiger partial charge in [0.15, 0.2) is 5.65 Å². The summed E-state index contributed by atoms with van der Waals surface area (Å²) in [5, 5.41) is 14.2. The quantitative estimate of drug-likeness (QED) is 0.0342. The molecule has 2 aromatic heterocycles. The minimum atomic E-state index is -0.991. The monoisotopic (exact) mass is 908 g/mol. The lowest BCUT2D eigenvalue weighted by atomic mass is 10.0. The van der Waals surface area contributed by atoms with E-state index in [9.17, 15) is 28.8 Å². The molecule has 3 aromatic carbocycles. The van der Waals surface area contributed by atoms with Crippen molar-refractivity contribution >= 4 is 58.0 Å². The number of hydrogen-bond acceptors (Lipinski definition) is 12. The predicted molar refractivity (Wildman–Crippen MR) is 252 cm³/mol. The molecular formula is C50H56N10O7. The van der Waals surface area contributed by atoms with Crippen LogP contribution in [0.25, 0.3) is 22.3 Å². The minimum absolute atomic E-state index is 0.0784. The minimum Gasteiger partial charge on any atom is -0.457 e. The van der Waals surface area contributed by atoms with E-state index in [0.29, 0.717) is 47.7 Å². The summed E-state index contributed by atoms with van der Waals surface area (Å²) in [6, 6.07) is 20.1. The number of hydrogen-bond donors (Lipinski definition) is 4. The second-order valence-electron chi connectivity index (χ2n) is 17.2. The molecule has 8 rings (SSSR count). The number of ether oxygens (including phenoxy) is 1. The SMILES string of the molecule is C=CC(=O)N1C[C@@H](n2nc(-c3ccc(Oc4ccccc4)cc3)c3c(N)ncnc32)C[C@H]1C(=O)NCCCCCCCCCCCCNc1cccc2c1C(=O)N(C1CCC(=O)NC1=O)C2=O. The molecule has 6 amide bonds. The normalized spacial score (nSPS) is 18.0. The van der Waals surface area contributed by atoms with E-state index in [1.54, 1.807) is 27.8 Å². The van der Waals surface area contributed by atoms with Crippen LogP contribution in [0.2, 0.25) is 0 Å². The van der Waals surface area contributed by atoms with Crippen LogP contribution in [0, 0.1) is 0 Å². The number of fused-ring (bicyclic) bond motifs is 2. The second kappa shape index (κ2) is 21.3. The molecule has 1 unspecified atom stereocenters. The molecule has 0 bridgehead atoms. The Morgan fingerprint density at radius 2 is 1.51 bits per heavy atom. The number of carbonyl (C=O) groups is 6. The van der Waals surface area contributed by atoms with Gasteiger partial charge in [-0.1, -0.05) is 82.2 Å². The van der Waals surface area contributed by atoms with E-state index in [-0.39, 0.29) is 54.2 Å². The first kappa shape index (κ1) is 46.1. The lowest BCUT2D eigenvalue weighted by molar-refractivity contribution is -0.136. The van der Waals surface area contributed by atoms with Crippen LogP contribution in [-0.4, -0.2) is 96.7 Å². The number of imide groups is 2. The predicted octanol–water partition coefficient (Wildman–Crippen LogP) is 6.73. The Hall–Kier alpha value is -7.43. The zero-order valence-corrected chi connectivity index (χ0v) is 37.5. The van der Waals surface area contributed by atoms with Crippen LogP contribution in [0.1, 0.15) is 110 Å². The summed E-state index contributed by atoms with van der Waals surface area (Å²) in [5.41, 5.74) is 9.43. The molecule has 5 N–H and O–H groups in total. The van der Waals surface area contributed by atoms with Crippen LogP contribution >= 0.6 is 0 Å². The van der Waals surface area contributed by atoms with Gasteiger partial charge in [0.05, 0.1) is 22.6 Å². The third kappa shape index (κ3) is 10.4. The number of piperidine rings is 1. The molecule has 17 nitrogen and oxygen atoms in total. The van der Waals surface area contributed by atoms with Gasteiger partial charge in [-0.15, -0.1) is 0 Å². The Bertz CT molecular complexity index is 2650. The van der Waals surface area contributed by atoms with Gasteiger partial charge in [-0.3, -0.25) is 39.0 Å². The smallest absolute Gasteiger partial charge is 0.264 e. The fourth-order valence-electron chi connectivity index (χ4n) is 9.24. The van der Waals surface area contributed by atoms with E-state index < -0.39 is 35.7 Å². The number of nitrogen functional groups attached to an aromatic ring is 1. The highest BCUT2D eigenvalue weighted by Gasteiger charge is 2.46. The summed E-state index contributed by atoms with van der Waals surface area (Å²) < 4.78 is 7.74. The van der Waals surface area contributed by atoms with Gasteiger partial charge in [0.1, 0.15) is 41.4 Å². The highest BCUT2D eigenvalue weighted by molar-refractivity contribution is 6.25. The first-order valence-electron chi connectivity index (χ1n) is 23.2. The summed E-state index contributed by atoms with van der Waals surface area (Å²) in [5.74, 6) is -0.918. The number of amides is 6. The van der Waals surface area contributed by atoms with E-state index >= 15 is 0 Å². The van der Waals surface area contributed by atoms with E-state index in [1.807, 2.05) is 54.6 Å². The molecule has 2 fully saturated rings. The van der Waals surface area contributed by atoms with Crippen LogP contribution in [0.3, 0.4) is 0 Å². The molecule has 3 aliphatic rings. The van der Waals surface area contributed by atoms with Gasteiger partial charge in [-0.25, -0.2) is 14.6 Å². The summed E-state index contributed by atoms with van der Waals surface area (Å²) in [6.45, 7) is 5.09. The molecule has 0 saturated carbocycles. The number of nitrogens with one attached hydrogen (secondary N) is 3. The lowest BCUT2D eigenvalue weighted by Crippen LogP contribution is -2.54. The molecule has 2 saturated heterocycles. The van der Waals surface area contributed by atoms with Crippen molar-refractivity contribution in [1.82, 2.24) is 40.2 Å². The van der Waals surface area contributed by atoms with E-state index in [2.05, 4.69) is 32.5 Å². The number of carbonyl (C=O) groups excluding carboxylic acids is 6. The summed E-state index contributed by atoms with van der Waals surface area (Å²) in [6.07, 6.45) is 13.6. The van der Waals surface area contributed by atoms with Crippen LogP contribution in [0.4, 0.5) is 11.5 Å². The Balaban J connectivity index is 0.734. The number of likely N-dealkylation sites (tertiary alicyclic amines) is 1. The summed E-state index contributed by atoms with van der Waals surface area (Å²) in [7, 11) is 0. The molecule has 5 aromatic rings. The average Bonchev–Trinajstić information content (AvgIpc) is 4.03. The third-order valence-corrected chi connectivity index (χ3v) is 12.7. The van der Waals surface area contributed by atoms with Crippen molar-refractivity contribution in [1.29, 1.82) is 0 Å². The highest BCUT2D eigenvalue weighted by Crippen LogP contribution is 2.37. The molecule has 3 atom stereocenters. The van der Waals surface area contributed by atoms with Crippen molar-refractivity contribution < 1.29 is 33.5 Å². The molecule has 17 heteroatoms. The van der Waals surface area contributed by atoms with Crippen LogP contribution in [0.15, 0.2) is 91.8 Å². The first-order chi connectivity index (χ1) is 32.6. The number of aromatic nitrogens is 4. The maximum Gasteiger partial charge on any atom is 0.264 e.